The molecule has 0 fully saturated rings. The SMILES string of the molecule is Cc1nnc(-c2c(P(c3ccccc3)c3ccccc3)ccc3ccccc23)c(C)c1C. The van der Waals surface area contributed by atoms with Gasteiger partial charge in [0.1, 0.15) is 0 Å². The van der Waals surface area contributed by atoms with Crippen molar-refractivity contribution in [3.05, 3.63) is 114 Å². The number of hydrogen-bond donors (Lipinski definition) is 0. The second-order valence-electron chi connectivity index (χ2n) is 8.07. The molecule has 0 aliphatic heterocycles. The smallest absolute Gasteiger partial charge is 0.0974 e. The molecule has 0 aliphatic rings. The molecule has 0 amide bonds. The number of benzene rings is 4. The highest BCUT2D eigenvalue weighted by Crippen LogP contribution is 2.40. The zero-order chi connectivity index (χ0) is 22.1. The van der Waals surface area contributed by atoms with Crippen LogP contribution in [0.5, 0.6) is 0 Å². The van der Waals surface area contributed by atoms with E-state index >= 15 is 0 Å². The summed E-state index contributed by atoms with van der Waals surface area (Å²) in [6, 6.07) is 34.9. The molecule has 0 bridgehead atoms. The largest absolute Gasteiger partial charge is 0.155 e. The minimum atomic E-state index is -0.761. The van der Waals surface area contributed by atoms with Crippen LogP contribution in [0.15, 0.2) is 97.1 Å². The lowest BCUT2D eigenvalue weighted by Gasteiger charge is -2.24. The number of rotatable bonds is 4. The first-order valence-corrected chi connectivity index (χ1v) is 12.2. The second-order valence-corrected chi connectivity index (χ2v) is 10.3. The fourth-order valence-electron chi connectivity index (χ4n) is 4.24. The van der Waals surface area contributed by atoms with Crippen LogP contribution in [0.25, 0.3) is 22.0 Å². The van der Waals surface area contributed by atoms with Crippen molar-refractivity contribution in [3.8, 4) is 11.3 Å². The molecule has 5 aromatic rings. The molecule has 2 nitrogen and oxygen atoms in total. The number of nitrogens with zero attached hydrogens (tertiary/aromatic N) is 2. The van der Waals surface area contributed by atoms with Crippen molar-refractivity contribution in [3.63, 3.8) is 0 Å². The van der Waals surface area contributed by atoms with Crippen LogP contribution in [-0.4, -0.2) is 10.2 Å². The Hall–Kier alpha value is -3.35. The van der Waals surface area contributed by atoms with E-state index in [1.165, 1.54) is 43.4 Å². The van der Waals surface area contributed by atoms with Crippen LogP contribution in [0.4, 0.5) is 0 Å². The first-order chi connectivity index (χ1) is 15.6. The quantitative estimate of drug-likeness (QED) is 0.327. The molecule has 0 radical (unpaired) electrons. The molecule has 1 heterocycles. The van der Waals surface area contributed by atoms with Gasteiger partial charge in [-0.15, -0.1) is 5.10 Å². The molecule has 0 N–H and O–H groups in total. The predicted octanol–water partition coefficient (Wildman–Crippen LogP) is 5.98. The monoisotopic (exact) mass is 432 g/mol. The van der Waals surface area contributed by atoms with E-state index in [0.29, 0.717) is 0 Å². The normalized spacial score (nSPS) is 11.2. The van der Waals surface area contributed by atoms with Crippen molar-refractivity contribution >= 4 is 34.6 Å². The summed E-state index contributed by atoms with van der Waals surface area (Å²) in [5.41, 5.74) is 5.58. The lowest BCUT2D eigenvalue weighted by Crippen LogP contribution is -2.23. The van der Waals surface area contributed by atoms with Crippen molar-refractivity contribution in [1.29, 1.82) is 0 Å². The minimum Gasteiger partial charge on any atom is -0.155 e. The summed E-state index contributed by atoms with van der Waals surface area (Å²) in [4.78, 5) is 0. The molecule has 156 valence electrons. The highest BCUT2D eigenvalue weighted by molar-refractivity contribution is 7.80. The average molecular weight is 433 g/mol. The maximum Gasteiger partial charge on any atom is 0.0974 e. The fraction of sp³-hybridized carbons (Fsp3) is 0.103. The molecule has 0 saturated heterocycles. The van der Waals surface area contributed by atoms with Crippen molar-refractivity contribution in [2.24, 2.45) is 0 Å². The molecule has 4 aromatic carbocycles. The predicted molar refractivity (Wildman–Crippen MR) is 138 cm³/mol. The summed E-state index contributed by atoms with van der Waals surface area (Å²) in [5, 5.41) is 15.7. The molecule has 0 spiro atoms. The standard InChI is InChI=1S/C29H25N2P/c1-20-21(2)29(31-30-22(20)3)28-26-17-11-10-12-23(26)18-19-27(28)32(24-13-6-4-7-14-24)25-15-8-5-9-16-25/h4-19H,1-3H3. The Morgan fingerprint density at radius 1 is 0.562 bits per heavy atom. The fourth-order valence-corrected chi connectivity index (χ4v) is 6.71. The van der Waals surface area contributed by atoms with Crippen molar-refractivity contribution in [2.45, 2.75) is 20.8 Å². The maximum absolute atomic E-state index is 4.75. The third kappa shape index (κ3) is 3.61. The van der Waals surface area contributed by atoms with Crippen LogP contribution in [0.1, 0.15) is 16.8 Å². The van der Waals surface area contributed by atoms with Crippen LogP contribution in [-0.2, 0) is 0 Å². The Kier molecular flexibility index (Phi) is 5.55. The minimum absolute atomic E-state index is 0.761. The average Bonchev–Trinajstić information content (AvgIpc) is 2.84. The van der Waals surface area contributed by atoms with Gasteiger partial charge in [0.15, 0.2) is 0 Å². The third-order valence-electron chi connectivity index (χ3n) is 6.17. The molecular weight excluding hydrogens is 407 g/mol. The van der Waals surface area contributed by atoms with Gasteiger partial charge in [0, 0.05) is 5.56 Å². The van der Waals surface area contributed by atoms with E-state index in [-0.39, 0.29) is 0 Å². The van der Waals surface area contributed by atoms with Gasteiger partial charge >= 0.3 is 0 Å². The van der Waals surface area contributed by atoms with Crippen LogP contribution in [0.2, 0.25) is 0 Å². The van der Waals surface area contributed by atoms with Crippen LogP contribution in [0, 0.1) is 20.8 Å². The Balaban J connectivity index is 1.88. The summed E-state index contributed by atoms with van der Waals surface area (Å²) < 4.78 is 0. The lowest BCUT2D eigenvalue weighted by atomic mass is 9.97. The zero-order valence-corrected chi connectivity index (χ0v) is 19.5. The summed E-state index contributed by atoms with van der Waals surface area (Å²) in [7, 11) is -0.761. The van der Waals surface area contributed by atoms with Crippen LogP contribution < -0.4 is 15.9 Å². The van der Waals surface area contributed by atoms with Crippen molar-refractivity contribution < 1.29 is 0 Å². The molecule has 0 atom stereocenters. The third-order valence-corrected chi connectivity index (χ3v) is 8.66. The highest BCUT2D eigenvalue weighted by Gasteiger charge is 2.24. The highest BCUT2D eigenvalue weighted by atomic mass is 31.1. The summed E-state index contributed by atoms with van der Waals surface area (Å²) in [5.74, 6) is 0. The van der Waals surface area contributed by atoms with Gasteiger partial charge in [-0.1, -0.05) is 97.1 Å². The van der Waals surface area contributed by atoms with E-state index in [2.05, 4.69) is 116 Å². The molecule has 1 aromatic heterocycles. The summed E-state index contributed by atoms with van der Waals surface area (Å²) >= 11 is 0. The molecule has 0 saturated carbocycles. The Morgan fingerprint density at radius 3 is 1.81 bits per heavy atom. The van der Waals surface area contributed by atoms with E-state index in [1.807, 2.05) is 6.92 Å². The van der Waals surface area contributed by atoms with Gasteiger partial charge in [0.2, 0.25) is 0 Å². The first kappa shape index (κ1) is 20.5. The molecule has 0 aliphatic carbocycles. The van der Waals surface area contributed by atoms with Gasteiger partial charge in [0.25, 0.3) is 0 Å². The molecule has 32 heavy (non-hydrogen) atoms. The van der Waals surface area contributed by atoms with Gasteiger partial charge in [-0.3, -0.25) is 0 Å². The second kappa shape index (κ2) is 8.65. The van der Waals surface area contributed by atoms with Gasteiger partial charge in [0.05, 0.1) is 11.4 Å². The first-order valence-electron chi connectivity index (χ1n) is 10.9. The van der Waals surface area contributed by atoms with Crippen LogP contribution >= 0.6 is 7.92 Å². The van der Waals surface area contributed by atoms with E-state index in [0.717, 1.165) is 11.4 Å². The van der Waals surface area contributed by atoms with E-state index in [4.69, 9.17) is 5.10 Å². The van der Waals surface area contributed by atoms with Crippen molar-refractivity contribution in [1.82, 2.24) is 10.2 Å². The number of aromatic nitrogens is 2. The molecule has 0 unspecified atom stereocenters. The summed E-state index contributed by atoms with van der Waals surface area (Å²) in [6.07, 6.45) is 0. The molecular formula is C29H25N2P. The Bertz CT molecular complexity index is 1360. The van der Waals surface area contributed by atoms with Gasteiger partial charge < -0.3 is 0 Å². The maximum atomic E-state index is 4.75. The number of hydrogen-bond acceptors (Lipinski definition) is 2. The van der Waals surface area contributed by atoms with Crippen molar-refractivity contribution in [2.75, 3.05) is 0 Å². The molecule has 3 heteroatoms. The van der Waals surface area contributed by atoms with E-state index in [9.17, 15) is 0 Å². The Labute approximate surface area is 190 Å². The van der Waals surface area contributed by atoms with Crippen LogP contribution in [0.3, 0.4) is 0 Å². The van der Waals surface area contributed by atoms with Gasteiger partial charge in [-0.2, -0.15) is 5.10 Å². The Morgan fingerprint density at radius 2 is 1.16 bits per heavy atom. The number of aryl methyl sites for hydroxylation is 1. The molecule has 5 rings (SSSR count). The number of fused-ring (bicyclic) bond motifs is 1. The van der Waals surface area contributed by atoms with Gasteiger partial charge in [-0.25, -0.2) is 0 Å². The topological polar surface area (TPSA) is 25.8 Å². The van der Waals surface area contributed by atoms with Gasteiger partial charge in [-0.05, 0) is 66.5 Å². The zero-order valence-electron chi connectivity index (χ0n) is 18.6. The summed E-state index contributed by atoms with van der Waals surface area (Å²) in [6.45, 7) is 6.35. The van der Waals surface area contributed by atoms with E-state index < -0.39 is 7.92 Å². The van der Waals surface area contributed by atoms with E-state index in [1.54, 1.807) is 0 Å². The lowest BCUT2D eigenvalue weighted by molar-refractivity contribution is 0.953.